The third-order valence-corrected chi connectivity index (χ3v) is 3.82. The first-order valence-corrected chi connectivity index (χ1v) is 7.62. The zero-order chi connectivity index (χ0) is 17.7. The first-order chi connectivity index (χ1) is 11.4. The van der Waals surface area contributed by atoms with Gasteiger partial charge in [-0.2, -0.15) is 0 Å². The van der Waals surface area contributed by atoms with Crippen molar-refractivity contribution in [2.75, 3.05) is 25.0 Å². The lowest BCUT2D eigenvalue weighted by atomic mass is 10.0. The van der Waals surface area contributed by atoms with Gasteiger partial charge in [-0.15, -0.1) is 0 Å². The number of hydrogen-bond donors (Lipinski definition) is 2. The minimum absolute atomic E-state index is 0.0370. The number of hydrogen-bond acceptors (Lipinski definition) is 6. The molecule has 1 aliphatic heterocycles. The molecular weight excluding hydrogens is 318 g/mol. The van der Waals surface area contributed by atoms with Gasteiger partial charge in [0.2, 0.25) is 0 Å². The van der Waals surface area contributed by atoms with Gasteiger partial charge in [0.05, 0.1) is 17.1 Å². The zero-order valence-electron chi connectivity index (χ0n) is 13.2. The lowest BCUT2D eigenvalue weighted by Gasteiger charge is -2.32. The first kappa shape index (κ1) is 17.5. The van der Waals surface area contributed by atoms with Crippen molar-refractivity contribution in [3.8, 4) is 0 Å². The van der Waals surface area contributed by atoms with E-state index in [9.17, 15) is 19.7 Å². The van der Waals surface area contributed by atoms with E-state index >= 15 is 0 Å². The average molecular weight is 337 g/mol. The Morgan fingerprint density at radius 3 is 2.62 bits per heavy atom. The van der Waals surface area contributed by atoms with E-state index in [2.05, 4.69) is 5.32 Å². The van der Waals surface area contributed by atoms with Crippen molar-refractivity contribution in [1.29, 1.82) is 0 Å². The number of nitro groups is 1. The second-order valence-electron chi connectivity index (χ2n) is 5.40. The van der Waals surface area contributed by atoms with E-state index in [-0.39, 0.29) is 29.1 Å². The van der Waals surface area contributed by atoms with Crippen molar-refractivity contribution < 1.29 is 24.4 Å². The van der Waals surface area contributed by atoms with Gasteiger partial charge < -0.3 is 20.1 Å². The molecule has 0 unspecified atom stereocenters. The molecule has 0 atom stereocenters. The van der Waals surface area contributed by atoms with E-state index in [4.69, 9.17) is 9.84 Å². The van der Waals surface area contributed by atoms with Gasteiger partial charge in [0.25, 0.3) is 5.69 Å². The van der Waals surface area contributed by atoms with Gasteiger partial charge in [0.1, 0.15) is 5.69 Å². The van der Waals surface area contributed by atoms with Crippen LogP contribution in [0.25, 0.3) is 0 Å². The molecule has 0 aromatic heterocycles. The summed E-state index contributed by atoms with van der Waals surface area (Å²) in [5.41, 5.74) is -0.133. The minimum Gasteiger partial charge on any atom is -0.478 e. The minimum atomic E-state index is -1.22. The normalized spacial score (nSPS) is 15.0. The van der Waals surface area contributed by atoms with Gasteiger partial charge in [-0.05, 0) is 31.9 Å². The molecule has 0 radical (unpaired) electrons. The van der Waals surface area contributed by atoms with Crippen LogP contribution in [0.1, 0.15) is 30.1 Å². The van der Waals surface area contributed by atoms with Crippen molar-refractivity contribution in [3.63, 3.8) is 0 Å². The highest BCUT2D eigenvalue weighted by Gasteiger charge is 2.25. The predicted molar refractivity (Wildman–Crippen MR) is 85.3 cm³/mol. The van der Waals surface area contributed by atoms with E-state index in [0.717, 1.165) is 6.07 Å². The van der Waals surface area contributed by atoms with Gasteiger partial charge in [0, 0.05) is 25.2 Å². The van der Waals surface area contributed by atoms with Crippen LogP contribution in [-0.2, 0) is 4.74 Å². The number of nitro benzene ring substituents is 1. The van der Waals surface area contributed by atoms with Crippen molar-refractivity contribution in [1.82, 2.24) is 4.90 Å². The number of anilines is 1. The highest BCUT2D eigenvalue weighted by Crippen LogP contribution is 2.28. The Labute approximate surface area is 138 Å². The second-order valence-corrected chi connectivity index (χ2v) is 5.40. The number of carbonyl (C=O) groups excluding carboxylic acids is 1. The number of likely N-dealkylation sites (tertiary alicyclic amines) is 1. The van der Waals surface area contributed by atoms with Crippen LogP contribution in [0.15, 0.2) is 18.2 Å². The number of nitrogens with zero attached hydrogens (tertiary/aromatic N) is 2. The Hall–Kier alpha value is -2.84. The summed E-state index contributed by atoms with van der Waals surface area (Å²) in [6, 6.07) is 3.73. The lowest BCUT2D eigenvalue weighted by molar-refractivity contribution is -0.384. The predicted octanol–water partition coefficient (Wildman–Crippen LogP) is 2.33. The molecule has 9 nitrogen and oxygen atoms in total. The van der Waals surface area contributed by atoms with Gasteiger partial charge >= 0.3 is 12.1 Å². The number of aromatic carboxylic acids is 1. The molecule has 1 aliphatic rings. The van der Waals surface area contributed by atoms with E-state index in [0.29, 0.717) is 32.5 Å². The van der Waals surface area contributed by atoms with Crippen LogP contribution < -0.4 is 5.32 Å². The number of piperidine rings is 1. The Kier molecular flexibility index (Phi) is 5.56. The summed E-state index contributed by atoms with van der Waals surface area (Å²) in [6.45, 7) is 3.06. The number of amides is 1. The fraction of sp³-hybridized carbons (Fsp3) is 0.467. The molecule has 9 heteroatoms. The molecule has 1 amide bonds. The van der Waals surface area contributed by atoms with E-state index < -0.39 is 10.9 Å². The van der Waals surface area contributed by atoms with Crippen LogP contribution in [-0.4, -0.2) is 52.7 Å². The van der Waals surface area contributed by atoms with Crippen molar-refractivity contribution >= 4 is 23.4 Å². The monoisotopic (exact) mass is 337 g/mol. The van der Waals surface area contributed by atoms with E-state index in [1.54, 1.807) is 11.8 Å². The summed E-state index contributed by atoms with van der Waals surface area (Å²) in [5, 5.41) is 23.2. The number of carbonyl (C=O) groups is 2. The number of ether oxygens (including phenoxy) is 1. The molecule has 2 N–H and O–H groups in total. The Bertz CT molecular complexity index is 640. The van der Waals surface area contributed by atoms with Crippen molar-refractivity contribution in [2.24, 2.45) is 0 Å². The smallest absolute Gasteiger partial charge is 0.409 e. The maximum absolute atomic E-state index is 11.6. The largest absolute Gasteiger partial charge is 0.478 e. The van der Waals surface area contributed by atoms with Crippen LogP contribution in [0.2, 0.25) is 0 Å². The van der Waals surface area contributed by atoms with Crippen LogP contribution in [0, 0.1) is 10.1 Å². The van der Waals surface area contributed by atoms with E-state index in [1.165, 1.54) is 12.1 Å². The molecule has 1 fully saturated rings. The Balaban J connectivity index is 2.03. The molecule has 1 aromatic rings. The molecule has 130 valence electrons. The van der Waals surface area contributed by atoms with Crippen LogP contribution in [0.4, 0.5) is 16.2 Å². The molecule has 0 aliphatic carbocycles. The molecule has 0 saturated carbocycles. The van der Waals surface area contributed by atoms with Crippen molar-refractivity contribution in [2.45, 2.75) is 25.8 Å². The molecular formula is C15H19N3O6. The van der Waals surface area contributed by atoms with Gasteiger partial charge in [-0.1, -0.05) is 0 Å². The summed E-state index contributed by atoms with van der Waals surface area (Å²) in [5.74, 6) is -1.22. The molecule has 0 bridgehead atoms. The topological polar surface area (TPSA) is 122 Å². The summed E-state index contributed by atoms with van der Waals surface area (Å²) in [6.07, 6.45) is 0.889. The fourth-order valence-electron chi connectivity index (χ4n) is 2.58. The SMILES string of the molecule is CCOC(=O)N1CCC(Nc2ccc(C(=O)O)cc2[N+](=O)[O-])CC1. The quantitative estimate of drug-likeness (QED) is 0.624. The molecule has 24 heavy (non-hydrogen) atoms. The maximum atomic E-state index is 11.6. The summed E-state index contributed by atoms with van der Waals surface area (Å²) in [4.78, 5) is 34.7. The molecule has 1 saturated heterocycles. The molecule has 1 heterocycles. The lowest BCUT2D eigenvalue weighted by Crippen LogP contribution is -2.42. The number of carboxylic acids is 1. The van der Waals surface area contributed by atoms with Gasteiger partial charge in [0.15, 0.2) is 0 Å². The summed E-state index contributed by atoms with van der Waals surface area (Å²) >= 11 is 0. The summed E-state index contributed by atoms with van der Waals surface area (Å²) in [7, 11) is 0. The molecule has 0 spiro atoms. The second kappa shape index (κ2) is 7.62. The fourth-order valence-corrected chi connectivity index (χ4v) is 2.58. The highest BCUT2D eigenvalue weighted by atomic mass is 16.6. The maximum Gasteiger partial charge on any atom is 0.409 e. The van der Waals surface area contributed by atoms with Crippen LogP contribution >= 0.6 is 0 Å². The molecule has 2 rings (SSSR count). The number of rotatable bonds is 5. The van der Waals surface area contributed by atoms with Crippen molar-refractivity contribution in [3.05, 3.63) is 33.9 Å². The third-order valence-electron chi connectivity index (χ3n) is 3.82. The molecule has 1 aromatic carbocycles. The summed E-state index contributed by atoms with van der Waals surface area (Å²) < 4.78 is 4.94. The number of carboxylic acid groups (broad SMARTS) is 1. The standard InChI is InChI=1S/C15H19N3O6/c1-2-24-15(21)17-7-5-11(6-8-17)16-12-4-3-10(14(19)20)9-13(12)18(22)23/h3-4,9,11,16H,2,5-8H2,1H3,(H,19,20). The third kappa shape index (κ3) is 4.12. The Morgan fingerprint density at radius 1 is 1.42 bits per heavy atom. The van der Waals surface area contributed by atoms with E-state index in [1.807, 2.05) is 0 Å². The highest BCUT2D eigenvalue weighted by molar-refractivity contribution is 5.89. The average Bonchev–Trinajstić information content (AvgIpc) is 2.55. The number of nitrogens with one attached hydrogen (secondary N) is 1. The van der Waals surface area contributed by atoms with Gasteiger partial charge in [-0.3, -0.25) is 10.1 Å². The van der Waals surface area contributed by atoms with Crippen LogP contribution in [0.3, 0.4) is 0 Å². The number of benzene rings is 1. The zero-order valence-corrected chi connectivity index (χ0v) is 13.2. The van der Waals surface area contributed by atoms with Crippen LogP contribution in [0.5, 0.6) is 0 Å². The first-order valence-electron chi connectivity index (χ1n) is 7.62. The Morgan fingerprint density at radius 2 is 2.08 bits per heavy atom. The van der Waals surface area contributed by atoms with Gasteiger partial charge in [-0.25, -0.2) is 9.59 Å².